The number of carbonyl (C=O) groups excluding carboxylic acids is 1. The van der Waals surface area contributed by atoms with Crippen LogP contribution in [-0.2, 0) is 14.3 Å². The van der Waals surface area contributed by atoms with Crippen molar-refractivity contribution in [3.05, 3.63) is 0 Å². The van der Waals surface area contributed by atoms with E-state index in [1.807, 2.05) is 0 Å². The Morgan fingerprint density at radius 1 is 1.67 bits per heavy atom. The summed E-state index contributed by atoms with van der Waals surface area (Å²) in [4.78, 5) is 10.9. The van der Waals surface area contributed by atoms with Crippen LogP contribution in [0.5, 0.6) is 0 Å². The SMILES string of the molecule is CCOC(=O)C(F)OCC1CCCNC1. The molecule has 1 aliphatic heterocycles. The minimum absolute atomic E-state index is 0.174. The number of piperidine rings is 1. The Morgan fingerprint density at radius 3 is 3.07 bits per heavy atom. The Bertz CT molecular complexity index is 195. The van der Waals surface area contributed by atoms with Crippen molar-refractivity contribution in [3.8, 4) is 0 Å². The van der Waals surface area contributed by atoms with Gasteiger partial charge in [0.1, 0.15) is 0 Å². The Morgan fingerprint density at radius 2 is 2.47 bits per heavy atom. The third-order valence-corrected chi connectivity index (χ3v) is 2.35. The van der Waals surface area contributed by atoms with E-state index >= 15 is 0 Å². The molecular weight excluding hydrogens is 201 g/mol. The van der Waals surface area contributed by atoms with Crippen LogP contribution < -0.4 is 5.32 Å². The molecule has 88 valence electrons. The van der Waals surface area contributed by atoms with Gasteiger partial charge in [-0.25, -0.2) is 9.18 Å². The summed E-state index contributed by atoms with van der Waals surface area (Å²) in [5.74, 6) is -0.632. The zero-order valence-electron chi connectivity index (χ0n) is 9.00. The Hall–Kier alpha value is -0.680. The number of carbonyl (C=O) groups is 1. The first-order valence-electron chi connectivity index (χ1n) is 5.37. The number of nitrogens with one attached hydrogen (secondary N) is 1. The van der Waals surface area contributed by atoms with Crippen molar-refractivity contribution in [1.29, 1.82) is 0 Å². The Balaban J connectivity index is 2.14. The van der Waals surface area contributed by atoms with E-state index in [1.165, 1.54) is 0 Å². The molecule has 0 saturated carbocycles. The topological polar surface area (TPSA) is 47.6 Å². The van der Waals surface area contributed by atoms with Gasteiger partial charge in [0, 0.05) is 6.54 Å². The predicted molar refractivity (Wildman–Crippen MR) is 53.1 cm³/mol. The smallest absolute Gasteiger partial charge is 0.368 e. The van der Waals surface area contributed by atoms with Crippen molar-refractivity contribution in [3.63, 3.8) is 0 Å². The summed E-state index contributed by atoms with van der Waals surface area (Å²) >= 11 is 0. The monoisotopic (exact) mass is 219 g/mol. The number of alkyl halides is 1. The van der Waals surface area contributed by atoms with Crippen molar-refractivity contribution in [2.24, 2.45) is 5.92 Å². The van der Waals surface area contributed by atoms with Gasteiger partial charge in [-0.15, -0.1) is 0 Å². The molecule has 1 aliphatic rings. The summed E-state index contributed by atoms with van der Waals surface area (Å²) in [6.07, 6.45) is 0.152. The van der Waals surface area contributed by atoms with Crippen LogP contribution in [0, 0.1) is 5.92 Å². The highest BCUT2D eigenvalue weighted by Gasteiger charge is 2.21. The van der Waals surface area contributed by atoms with Gasteiger partial charge in [0.15, 0.2) is 0 Å². The van der Waals surface area contributed by atoms with Gasteiger partial charge in [-0.2, -0.15) is 0 Å². The van der Waals surface area contributed by atoms with Gasteiger partial charge in [-0.05, 0) is 32.2 Å². The molecule has 0 amide bonds. The van der Waals surface area contributed by atoms with Gasteiger partial charge in [0.05, 0.1) is 13.2 Å². The van der Waals surface area contributed by atoms with E-state index in [1.54, 1.807) is 6.92 Å². The first-order valence-corrected chi connectivity index (χ1v) is 5.37. The lowest BCUT2D eigenvalue weighted by atomic mass is 10.0. The maximum atomic E-state index is 13.0. The largest absolute Gasteiger partial charge is 0.462 e. The van der Waals surface area contributed by atoms with E-state index in [0.717, 1.165) is 25.9 Å². The summed E-state index contributed by atoms with van der Waals surface area (Å²) in [5.41, 5.74) is 0. The first kappa shape index (κ1) is 12.4. The van der Waals surface area contributed by atoms with Crippen LogP contribution in [0.2, 0.25) is 0 Å². The molecule has 0 bridgehead atoms. The fourth-order valence-corrected chi connectivity index (χ4v) is 1.56. The molecule has 1 N–H and O–H groups in total. The van der Waals surface area contributed by atoms with E-state index in [2.05, 4.69) is 10.1 Å². The average Bonchev–Trinajstić information content (AvgIpc) is 2.27. The van der Waals surface area contributed by atoms with Gasteiger partial charge in [0.25, 0.3) is 6.36 Å². The quantitative estimate of drug-likeness (QED) is 0.697. The third kappa shape index (κ3) is 4.57. The van der Waals surface area contributed by atoms with Gasteiger partial charge in [-0.1, -0.05) is 0 Å². The Kier molecular flexibility index (Phi) is 5.57. The van der Waals surface area contributed by atoms with Gasteiger partial charge in [0.2, 0.25) is 0 Å². The van der Waals surface area contributed by atoms with Crippen LogP contribution in [0.1, 0.15) is 19.8 Å². The predicted octanol–water partition coefficient (Wildman–Crippen LogP) is 0.861. The highest BCUT2D eigenvalue weighted by molar-refractivity contribution is 5.72. The van der Waals surface area contributed by atoms with Gasteiger partial charge < -0.3 is 14.8 Å². The standard InChI is InChI=1S/C10H18FNO3/c1-2-14-10(13)9(11)15-7-8-4-3-5-12-6-8/h8-9,12H,2-7H2,1H3. The molecule has 2 atom stereocenters. The molecule has 15 heavy (non-hydrogen) atoms. The second-order valence-corrected chi connectivity index (χ2v) is 3.61. The summed E-state index contributed by atoms with van der Waals surface area (Å²) < 4.78 is 22.3. The summed E-state index contributed by atoms with van der Waals surface area (Å²) in [6.45, 7) is 3.92. The molecule has 0 radical (unpaired) electrons. The molecule has 0 aliphatic carbocycles. The van der Waals surface area contributed by atoms with E-state index in [9.17, 15) is 9.18 Å². The van der Waals surface area contributed by atoms with Gasteiger partial charge in [-0.3, -0.25) is 0 Å². The van der Waals surface area contributed by atoms with Crippen LogP contribution >= 0.6 is 0 Å². The third-order valence-electron chi connectivity index (χ3n) is 2.35. The summed E-state index contributed by atoms with van der Waals surface area (Å²) in [6, 6.07) is 0. The van der Waals surface area contributed by atoms with Crippen molar-refractivity contribution in [2.75, 3.05) is 26.3 Å². The highest BCUT2D eigenvalue weighted by atomic mass is 19.1. The number of esters is 1. The molecule has 1 fully saturated rings. The maximum absolute atomic E-state index is 13.0. The summed E-state index contributed by atoms with van der Waals surface area (Å²) in [5, 5.41) is 3.19. The van der Waals surface area contributed by atoms with Crippen LogP contribution in [0.15, 0.2) is 0 Å². The minimum atomic E-state index is -1.94. The number of ether oxygens (including phenoxy) is 2. The van der Waals surface area contributed by atoms with Crippen LogP contribution in [0.25, 0.3) is 0 Å². The molecule has 4 nitrogen and oxygen atoms in total. The lowest BCUT2D eigenvalue weighted by Gasteiger charge is -2.22. The molecule has 0 aromatic carbocycles. The molecule has 0 aromatic rings. The number of hydrogen-bond acceptors (Lipinski definition) is 4. The molecule has 2 unspecified atom stereocenters. The normalized spacial score (nSPS) is 23.5. The fourth-order valence-electron chi connectivity index (χ4n) is 1.56. The second kappa shape index (κ2) is 6.74. The van der Waals surface area contributed by atoms with E-state index < -0.39 is 12.3 Å². The first-order chi connectivity index (χ1) is 7.24. The zero-order valence-corrected chi connectivity index (χ0v) is 9.00. The molecule has 1 heterocycles. The molecule has 0 aromatic heterocycles. The fraction of sp³-hybridized carbons (Fsp3) is 0.900. The minimum Gasteiger partial charge on any atom is -0.462 e. The lowest BCUT2D eigenvalue weighted by molar-refractivity contribution is -0.171. The van der Waals surface area contributed by atoms with Crippen molar-refractivity contribution >= 4 is 5.97 Å². The average molecular weight is 219 g/mol. The van der Waals surface area contributed by atoms with Gasteiger partial charge >= 0.3 is 5.97 Å². The number of hydrogen-bond donors (Lipinski definition) is 1. The molecular formula is C10H18FNO3. The molecule has 5 heteroatoms. The summed E-state index contributed by atoms with van der Waals surface area (Å²) in [7, 11) is 0. The van der Waals surface area contributed by atoms with Crippen molar-refractivity contribution < 1.29 is 18.7 Å². The second-order valence-electron chi connectivity index (χ2n) is 3.61. The van der Waals surface area contributed by atoms with Crippen LogP contribution in [-0.4, -0.2) is 38.6 Å². The molecule has 1 saturated heterocycles. The van der Waals surface area contributed by atoms with E-state index in [0.29, 0.717) is 5.92 Å². The van der Waals surface area contributed by atoms with Crippen molar-refractivity contribution in [2.45, 2.75) is 26.1 Å². The number of rotatable bonds is 5. The molecule has 1 rings (SSSR count). The maximum Gasteiger partial charge on any atom is 0.368 e. The highest BCUT2D eigenvalue weighted by Crippen LogP contribution is 2.11. The van der Waals surface area contributed by atoms with E-state index in [4.69, 9.17) is 4.74 Å². The van der Waals surface area contributed by atoms with E-state index in [-0.39, 0.29) is 13.2 Å². The lowest BCUT2D eigenvalue weighted by Crippen LogP contribution is -2.34. The Labute approximate surface area is 89.1 Å². The van der Waals surface area contributed by atoms with Crippen LogP contribution in [0.4, 0.5) is 4.39 Å². The molecule has 0 spiro atoms. The van der Waals surface area contributed by atoms with Crippen molar-refractivity contribution in [1.82, 2.24) is 5.32 Å². The number of halogens is 1. The zero-order chi connectivity index (χ0) is 11.1. The van der Waals surface area contributed by atoms with Crippen LogP contribution in [0.3, 0.4) is 0 Å².